The summed E-state index contributed by atoms with van der Waals surface area (Å²) in [4.78, 5) is 11.5. The van der Waals surface area contributed by atoms with E-state index in [9.17, 15) is 0 Å². The van der Waals surface area contributed by atoms with Gasteiger partial charge in [-0.1, -0.05) is 19.3 Å². The highest BCUT2D eigenvalue weighted by molar-refractivity contribution is 4.86. The number of hydrogen-bond acceptors (Lipinski definition) is 5. The molecule has 0 aromatic carbocycles. The highest BCUT2D eigenvalue weighted by atomic mass is 16.6. The summed E-state index contributed by atoms with van der Waals surface area (Å²) in [6.45, 7) is 1.66. The summed E-state index contributed by atoms with van der Waals surface area (Å²) in [5, 5.41) is 0. The van der Waals surface area contributed by atoms with Gasteiger partial charge in [0.15, 0.2) is 0 Å². The minimum atomic E-state index is 0.418. The number of aromatic nitrogens is 3. The number of hydrogen-bond donors (Lipinski definition) is 0. The molecule has 2 heterocycles. The van der Waals surface area contributed by atoms with Gasteiger partial charge in [0.2, 0.25) is 0 Å². The molecule has 5 heteroatoms. The van der Waals surface area contributed by atoms with E-state index >= 15 is 0 Å². The number of nitrogens with zero attached hydrogens (tertiary/aromatic N) is 3. The Morgan fingerprint density at radius 1 is 1.19 bits per heavy atom. The van der Waals surface area contributed by atoms with Gasteiger partial charge < -0.3 is 9.47 Å². The van der Waals surface area contributed by atoms with Crippen LogP contribution in [-0.4, -0.2) is 34.3 Å². The Bertz CT molecular complexity index is 291. The van der Waals surface area contributed by atoms with Crippen LogP contribution in [0.1, 0.15) is 32.1 Å². The molecule has 16 heavy (non-hydrogen) atoms. The predicted octanol–water partition coefficient (Wildman–Crippen LogP) is 1.60. The molecule has 1 atom stereocenters. The van der Waals surface area contributed by atoms with Gasteiger partial charge >= 0.3 is 6.01 Å². The van der Waals surface area contributed by atoms with E-state index in [4.69, 9.17) is 9.47 Å². The van der Waals surface area contributed by atoms with Crippen molar-refractivity contribution < 1.29 is 9.47 Å². The molecule has 1 aromatic heterocycles. The van der Waals surface area contributed by atoms with E-state index in [1.807, 2.05) is 0 Å². The van der Waals surface area contributed by atoms with Crippen LogP contribution in [0.5, 0.6) is 6.01 Å². The van der Waals surface area contributed by atoms with Gasteiger partial charge in [-0.2, -0.15) is 9.97 Å². The molecule has 0 N–H and O–H groups in total. The number of ether oxygens (including phenoxy) is 2. The van der Waals surface area contributed by atoms with E-state index in [0.29, 0.717) is 18.7 Å². The molecule has 1 aromatic rings. The molecule has 0 spiro atoms. The first kappa shape index (κ1) is 11.3. The highest BCUT2D eigenvalue weighted by Crippen LogP contribution is 2.17. The first-order valence-electron chi connectivity index (χ1n) is 5.81. The number of unbranched alkanes of at least 4 members (excludes halogenated alkanes) is 3. The van der Waals surface area contributed by atoms with Crippen LogP contribution in [0, 0.1) is 0 Å². The van der Waals surface area contributed by atoms with Gasteiger partial charge in [0.05, 0.1) is 19.3 Å². The topological polar surface area (TPSA) is 60.4 Å². The zero-order chi connectivity index (χ0) is 11.1. The molecular weight excluding hydrogens is 206 g/mol. The Labute approximate surface area is 95.2 Å². The quantitative estimate of drug-likeness (QED) is 0.495. The maximum absolute atomic E-state index is 5.36. The van der Waals surface area contributed by atoms with Gasteiger partial charge in [-0.25, -0.2) is 4.98 Å². The number of rotatable bonds is 8. The minimum Gasteiger partial charge on any atom is -0.463 e. The summed E-state index contributed by atoms with van der Waals surface area (Å²) < 4.78 is 10.5. The summed E-state index contributed by atoms with van der Waals surface area (Å²) in [5.41, 5.74) is 0. The van der Waals surface area contributed by atoms with Gasteiger partial charge in [-0.05, 0) is 12.8 Å². The van der Waals surface area contributed by atoms with Crippen molar-refractivity contribution in [2.75, 3.05) is 13.2 Å². The van der Waals surface area contributed by atoms with E-state index < -0.39 is 0 Å². The lowest BCUT2D eigenvalue weighted by Gasteiger charge is -2.02. The van der Waals surface area contributed by atoms with Gasteiger partial charge in [0.1, 0.15) is 12.7 Å². The molecule has 0 bridgehead atoms. The number of epoxide rings is 1. The van der Waals surface area contributed by atoms with Crippen LogP contribution in [0.4, 0.5) is 0 Å². The summed E-state index contributed by atoms with van der Waals surface area (Å²) in [5.74, 6) is 0. The Balaban J connectivity index is 1.42. The maximum atomic E-state index is 5.36. The second-order valence-electron chi connectivity index (χ2n) is 3.93. The molecule has 1 unspecified atom stereocenters. The average Bonchev–Trinajstić information content (AvgIpc) is 3.13. The molecule has 2 rings (SSSR count). The molecule has 1 fully saturated rings. The second-order valence-corrected chi connectivity index (χ2v) is 3.93. The lowest BCUT2D eigenvalue weighted by Crippen LogP contribution is -2.01. The minimum absolute atomic E-state index is 0.418. The molecule has 0 radical (unpaired) electrons. The largest absolute Gasteiger partial charge is 0.463 e. The molecule has 1 saturated heterocycles. The summed E-state index contributed by atoms with van der Waals surface area (Å²) >= 11 is 0. The van der Waals surface area contributed by atoms with E-state index in [1.165, 1.54) is 38.3 Å². The van der Waals surface area contributed by atoms with Gasteiger partial charge in [-0.3, -0.25) is 0 Å². The second kappa shape index (κ2) is 6.37. The third kappa shape index (κ3) is 4.53. The Hall–Kier alpha value is -1.23. The van der Waals surface area contributed by atoms with Crippen molar-refractivity contribution in [3.8, 4) is 6.01 Å². The first-order chi connectivity index (χ1) is 7.95. The lowest BCUT2D eigenvalue weighted by atomic mass is 10.1. The van der Waals surface area contributed by atoms with Crippen LogP contribution < -0.4 is 4.74 Å². The average molecular weight is 223 g/mol. The summed E-state index contributed by atoms with van der Waals surface area (Å²) in [6.07, 6.45) is 9.43. The Kier molecular flexibility index (Phi) is 4.49. The normalized spacial score (nSPS) is 18.4. The van der Waals surface area contributed by atoms with Crippen molar-refractivity contribution in [2.45, 2.75) is 38.2 Å². The van der Waals surface area contributed by atoms with Crippen LogP contribution in [0.15, 0.2) is 12.7 Å². The molecule has 0 amide bonds. The van der Waals surface area contributed by atoms with E-state index in [2.05, 4.69) is 15.0 Å². The third-order valence-electron chi connectivity index (χ3n) is 2.52. The van der Waals surface area contributed by atoms with Crippen molar-refractivity contribution in [2.24, 2.45) is 0 Å². The van der Waals surface area contributed by atoms with Crippen molar-refractivity contribution in [1.29, 1.82) is 0 Å². The lowest BCUT2D eigenvalue weighted by molar-refractivity contribution is 0.279. The molecule has 5 nitrogen and oxygen atoms in total. The zero-order valence-corrected chi connectivity index (χ0v) is 9.34. The third-order valence-corrected chi connectivity index (χ3v) is 2.52. The van der Waals surface area contributed by atoms with Crippen LogP contribution in [-0.2, 0) is 4.74 Å². The van der Waals surface area contributed by atoms with Crippen LogP contribution in [0.25, 0.3) is 0 Å². The van der Waals surface area contributed by atoms with Crippen molar-refractivity contribution in [3.05, 3.63) is 12.7 Å². The predicted molar refractivity (Wildman–Crippen MR) is 58.1 cm³/mol. The fraction of sp³-hybridized carbons (Fsp3) is 0.727. The highest BCUT2D eigenvalue weighted by Gasteiger charge is 2.20. The van der Waals surface area contributed by atoms with Gasteiger partial charge in [-0.15, -0.1) is 0 Å². The maximum Gasteiger partial charge on any atom is 0.319 e. The zero-order valence-electron chi connectivity index (χ0n) is 9.34. The van der Waals surface area contributed by atoms with Gasteiger partial charge in [0.25, 0.3) is 0 Å². The van der Waals surface area contributed by atoms with E-state index in [-0.39, 0.29) is 0 Å². The molecule has 0 saturated carbocycles. The first-order valence-corrected chi connectivity index (χ1v) is 5.81. The Morgan fingerprint density at radius 2 is 1.94 bits per heavy atom. The van der Waals surface area contributed by atoms with Crippen molar-refractivity contribution in [3.63, 3.8) is 0 Å². The molecule has 88 valence electrons. The SMILES string of the molecule is c1ncnc(OCCCCCCC2CO2)n1. The van der Waals surface area contributed by atoms with Crippen LogP contribution >= 0.6 is 0 Å². The molecular formula is C11H17N3O2. The summed E-state index contributed by atoms with van der Waals surface area (Å²) in [6, 6.07) is 0.418. The van der Waals surface area contributed by atoms with E-state index in [1.54, 1.807) is 0 Å². The van der Waals surface area contributed by atoms with Crippen LogP contribution in [0.3, 0.4) is 0 Å². The van der Waals surface area contributed by atoms with Crippen molar-refractivity contribution >= 4 is 0 Å². The fourth-order valence-electron chi connectivity index (χ4n) is 1.53. The summed E-state index contributed by atoms with van der Waals surface area (Å²) in [7, 11) is 0. The van der Waals surface area contributed by atoms with Crippen molar-refractivity contribution in [1.82, 2.24) is 15.0 Å². The van der Waals surface area contributed by atoms with Crippen LogP contribution in [0.2, 0.25) is 0 Å². The molecule has 1 aliphatic heterocycles. The molecule has 1 aliphatic rings. The van der Waals surface area contributed by atoms with E-state index in [0.717, 1.165) is 13.0 Å². The monoisotopic (exact) mass is 223 g/mol. The standard InChI is InChI=1S/C11H17N3O2/c1(3-5-10-7-16-10)2-4-6-15-11-13-8-12-9-14-11/h8-10H,1-7H2. The molecule has 0 aliphatic carbocycles. The smallest absolute Gasteiger partial charge is 0.319 e. The van der Waals surface area contributed by atoms with Gasteiger partial charge in [0, 0.05) is 0 Å². The fourth-order valence-corrected chi connectivity index (χ4v) is 1.53. The Morgan fingerprint density at radius 3 is 2.69 bits per heavy atom.